The van der Waals surface area contributed by atoms with Gasteiger partial charge in [0.05, 0.1) is 17.9 Å². The number of hydrogen-bond acceptors (Lipinski definition) is 3. The highest BCUT2D eigenvalue weighted by molar-refractivity contribution is 6.01. The van der Waals surface area contributed by atoms with Gasteiger partial charge in [-0.2, -0.15) is 13.2 Å². The molecule has 1 atom stereocenters. The average Bonchev–Trinajstić information content (AvgIpc) is 2.76. The average molecular weight is 263 g/mol. The summed E-state index contributed by atoms with van der Waals surface area (Å²) in [5, 5.41) is 12.4. The summed E-state index contributed by atoms with van der Waals surface area (Å²) in [7, 11) is 0. The number of hydrogen-bond donors (Lipinski definition) is 1. The molecule has 18 heavy (non-hydrogen) atoms. The fourth-order valence-electron chi connectivity index (χ4n) is 1.62. The Morgan fingerprint density at radius 2 is 2.11 bits per heavy atom. The number of aliphatic hydroxyl groups excluding tert-OH is 1. The summed E-state index contributed by atoms with van der Waals surface area (Å²) in [4.78, 5) is 4.79. The molecule has 3 nitrogen and oxygen atoms in total. The summed E-state index contributed by atoms with van der Waals surface area (Å²) in [5.41, 5.74) is -0.936. The molecule has 0 bridgehead atoms. The first-order chi connectivity index (χ1) is 8.41. The van der Waals surface area contributed by atoms with Crippen molar-refractivity contribution in [3.05, 3.63) is 35.1 Å². The quantitative estimate of drug-likeness (QED) is 0.832. The highest BCUT2D eigenvalue weighted by atomic mass is 19.4. The van der Waals surface area contributed by atoms with Crippen molar-refractivity contribution in [3.8, 4) is 0 Å². The van der Waals surface area contributed by atoms with Crippen molar-refractivity contribution in [2.75, 3.05) is 6.61 Å². The van der Waals surface area contributed by atoms with Gasteiger partial charge in [0.25, 0.3) is 0 Å². The summed E-state index contributed by atoms with van der Waals surface area (Å²) in [6.45, 7) is -0.277. The van der Waals surface area contributed by atoms with Crippen molar-refractivity contribution in [3.63, 3.8) is 0 Å². The number of nitrogens with zero attached hydrogens (tertiary/aromatic N) is 1. The summed E-state index contributed by atoms with van der Waals surface area (Å²) >= 11 is 0. The van der Waals surface area contributed by atoms with Crippen molar-refractivity contribution in [2.24, 2.45) is 5.16 Å². The van der Waals surface area contributed by atoms with Gasteiger partial charge in [0.2, 0.25) is 0 Å². The second kappa shape index (κ2) is 4.56. The van der Waals surface area contributed by atoms with Crippen molar-refractivity contribution in [2.45, 2.75) is 18.7 Å². The molecule has 0 aromatic heterocycles. The van der Waals surface area contributed by atoms with Crippen LogP contribution in [0.25, 0.3) is 0 Å². The Balaban J connectivity index is 2.31. The van der Waals surface area contributed by atoms with Gasteiger partial charge in [-0.3, -0.25) is 0 Å². The first kappa shape index (κ1) is 12.8. The van der Waals surface area contributed by atoms with Gasteiger partial charge in [-0.25, -0.2) is 4.39 Å². The number of benzene rings is 1. The molecular formula is C11H9F4NO2. The van der Waals surface area contributed by atoms with Crippen LogP contribution < -0.4 is 0 Å². The largest absolute Gasteiger partial charge is 0.419 e. The highest BCUT2D eigenvalue weighted by Gasteiger charge is 2.35. The van der Waals surface area contributed by atoms with Gasteiger partial charge < -0.3 is 9.94 Å². The third-order valence-electron chi connectivity index (χ3n) is 2.54. The third kappa shape index (κ3) is 2.45. The van der Waals surface area contributed by atoms with Crippen LogP contribution in [-0.4, -0.2) is 23.5 Å². The standard InChI is InChI=1S/C11H9F4NO2/c12-9-2-1-6(3-8(9)11(13,14)15)10-4-7(5-17)18-16-10/h1-3,7,17H,4-5H2. The first-order valence-corrected chi connectivity index (χ1v) is 5.12. The third-order valence-corrected chi connectivity index (χ3v) is 2.54. The SMILES string of the molecule is OCC1CC(c2ccc(F)c(C(F)(F)F)c2)=NO1. The van der Waals surface area contributed by atoms with Crippen LogP contribution in [0.3, 0.4) is 0 Å². The Morgan fingerprint density at radius 3 is 2.67 bits per heavy atom. The smallest absolute Gasteiger partial charge is 0.392 e. The minimum atomic E-state index is -4.75. The van der Waals surface area contributed by atoms with E-state index in [4.69, 9.17) is 9.94 Å². The number of aliphatic hydroxyl groups is 1. The number of rotatable bonds is 2. The van der Waals surface area contributed by atoms with Crippen LogP contribution in [0.5, 0.6) is 0 Å². The molecule has 98 valence electrons. The molecule has 7 heteroatoms. The van der Waals surface area contributed by atoms with Crippen LogP contribution in [0.1, 0.15) is 17.5 Å². The van der Waals surface area contributed by atoms with Crippen molar-refractivity contribution >= 4 is 5.71 Å². The van der Waals surface area contributed by atoms with Gasteiger partial charge in [-0.15, -0.1) is 0 Å². The zero-order valence-electron chi connectivity index (χ0n) is 9.04. The van der Waals surface area contributed by atoms with Gasteiger partial charge >= 0.3 is 6.18 Å². The number of oxime groups is 1. The predicted molar refractivity (Wildman–Crippen MR) is 54.5 cm³/mol. The Bertz CT molecular complexity index is 484. The Kier molecular flexibility index (Phi) is 3.25. The van der Waals surface area contributed by atoms with Crippen LogP contribution in [0.2, 0.25) is 0 Å². The number of halogens is 4. The van der Waals surface area contributed by atoms with E-state index in [0.29, 0.717) is 6.07 Å². The van der Waals surface area contributed by atoms with E-state index in [1.165, 1.54) is 6.07 Å². The first-order valence-electron chi connectivity index (χ1n) is 5.12. The summed E-state index contributed by atoms with van der Waals surface area (Å²) in [6, 6.07) is 2.64. The molecular weight excluding hydrogens is 254 g/mol. The minimum absolute atomic E-state index is 0.139. The summed E-state index contributed by atoms with van der Waals surface area (Å²) in [5.74, 6) is -1.33. The van der Waals surface area contributed by atoms with Crippen LogP contribution in [0.15, 0.2) is 23.4 Å². The summed E-state index contributed by atoms with van der Waals surface area (Å²) in [6.07, 6.45) is -5.12. The molecule has 1 heterocycles. The van der Waals surface area contributed by atoms with E-state index in [0.717, 1.165) is 6.07 Å². The van der Waals surface area contributed by atoms with Crippen molar-refractivity contribution < 1.29 is 27.5 Å². The predicted octanol–water partition coefficient (Wildman–Crippen LogP) is 2.33. The van der Waals surface area contributed by atoms with Gasteiger partial charge in [0, 0.05) is 12.0 Å². The van der Waals surface area contributed by atoms with Crippen LogP contribution in [0, 0.1) is 5.82 Å². The lowest BCUT2D eigenvalue weighted by Gasteiger charge is -2.09. The molecule has 0 radical (unpaired) electrons. The molecule has 0 spiro atoms. The fraction of sp³-hybridized carbons (Fsp3) is 0.364. The Labute approximate surface area is 99.7 Å². The van der Waals surface area contributed by atoms with E-state index in [1.54, 1.807) is 0 Å². The molecule has 0 saturated heterocycles. The maximum absolute atomic E-state index is 13.1. The van der Waals surface area contributed by atoms with Crippen molar-refractivity contribution in [1.29, 1.82) is 0 Å². The molecule has 1 aliphatic rings. The maximum atomic E-state index is 13.1. The number of alkyl halides is 3. The zero-order chi connectivity index (χ0) is 13.3. The molecule has 1 aliphatic heterocycles. The highest BCUT2D eigenvalue weighted by Crippen LogP contribution is 2.32. The lowest BCUT2D eigenvalue weighted by atomic mass is 10.0. The van der Waals surface area contributed by atoms with Gasteiger partial charge in [0.1, 0.15) is 5.82 Å². The van der Waals surface area contributed by atoms with Gasteiger partial charge in [-0.1, -0.05) is 11.2 Å². The zero-order valence-corrected chi connectivity index (χ0v) is 9.04. The molecule has 2 rings (SSSR count). The van der Waals surface area contributed by atoms with Gasteiger partial charge in [0.15, 0.2) is 6.10 Å². The second-order valence-electron chi connectivity index (χ2n) is 3.84. The monoisotopic (exact) mass is 263 g/mol. The lowest BCUT2D eigenvalue weighted by molar-refractivity contribution is -0.140. The molecule has 1 unspecified atom stereocenters. The Hall–Kier alpha value is -1.63. The topological polar surface area (TPSA) is 41.8 Å². The molecule has 0 aliphatic carbocycles. The van der Waals surface area contributed by atoms with E-state index in [-0.39, 0.29) is 24.3 Å². The van der Waals surface area contributed by atoms with E-state index in [9.17, 15) is 17.6 Å². The van der Waals surface area contributed by atoms with E-state index in [2.05, 4.69) is 5.16 Å². The molecule has 1 N–H and O–H groups in total. The maximum Gasteiger partial charge on any atom is 0.419 e. The van der Waals surface area contributed by atoms with Crippen LogP contribution in [0.4, 0.5) is 17.6 Å². The summed E-state index contributed by atoms with van der Waals surface area (Å²) < 4.78 is 50.6. The minimum Gasteiger partial charge on any atom is -0.392 e. The normalized spacial score (nSPS) is 19.6. The molecule has 1 aromatic rings. The van der Waals surface area contributed by atoms with Crippen molar-refractivity contribution in [1.82, 2.24) is 0 Å². The van der Waals surface area contributed by atoms with Crippen LogP contribution in [-0.2, 0) is 11.0 Å². The van der Waals surface area contributed by atoms with E-state index < -0.39 is 23.7 Å². The van der Waals surface area contributed by atoms with Crippen LogP contribution >= 0.6 is 0 Å². The lowest BCUT2D eigenvalue weighted by Crippen LogP contribution is -2.14. The fourth-order valence-corrected chi connectivity index (χ4v) is 1.62. The molecule has 1 aromatic carbocycles. The molecule has 0 saturated carbocycles. The Morgan fingerprint density at radius 1 is 1.39 bits per heavy atom. The van der Waals surface area contributed by atoms with E-state index in [1.807, 2.05) is 0 Å². The second-order valence-corrected chi connectivity index (χ2v) is 3.84. The molecule has 0 amide bonds. The van der Waals surface area contributed by atoms with Gasteiger partial charge in [-0.05, 0) is 12.1 Å². The van der Waals surface area contributed by atoms with E-state index >= 15 is 0 Å². The molecule has 0 fully saturated rings.